The molecule has 0 bridgehead atoms. The number of amides is 1. The maximum Gasteiger partial charge on any atom is 0.264 e. The second-order valence-corrected chi connectivity index (χ2v) is 10.2. The molecule has 0 aromatic heterocycles. The molecule has 0 aliphatic carbocycles. The summed E-state index contributed by atoms with van der Waals surface area (Å²) in [7, 11) is -1.72. The number of carbonyl (C=O) groups is 1. The van der Waals surface area contributed by atoms with Crippen molar-refractivity contribution in [2.24, 2.45) is 5.92 Å². The van der Waals surface area contributed by atoms with E-state index in [0.717, 1.165) is 31.2 Å². The lowest BCUT2D eigenvalue weighted by Gasteiger charge is -2.29. The van der Waals surface area contributed by atoms with Gasteiger partial charge in [-0.25, -0.2) is 8.42 Å². The first kappa shape index (κ1) is 21.1. The molecule has 7 heteroatoms. The molecule has 1 aromatic carbocycles. The van der Waals surface area contributed by atoms with Crippen LogP contribution < -0.4 is 4.74 Å². The summed E-state index contributed by atoms with van der Waals surface area (Å²) in [5.41, 5.74) is 0.800. The fraction of sp³-hybridized carbons (Fsp3) is 0.667. The summed E-state index contributed by atoms with van der Waals surface area (Å²) in [5, 5.41) is 0. The molecule has 156 valence electrons. The molecule has 6 nitrogen and oxygen atoms in total. The standard InChI is InChI=1S/C21H32N2O4S/c1-5-6-11-22(4)21(24)20-16(3)18-14-17(7-8-19(18)27-20)28(25,26)23-12-9-15(2)10-13-23/h7-8,14-16,20H,5-6,9-13H2,1-4H3. The summed E-state index contributed by atoms with van der Waals surface area (Å²) in [6.07, 6.45) is 3.17. The normalized spacial score (nSPS) is 23.3. The highest BCUT2D eigenvalue weighted by atomic mass is 32.2. The first-order chi connectivity index (χ1) is 13.3. The summed E-state index contributed by atoms with van der Waals surface area (Å²) >= 11 is 0. The van der Waals surface area contributed by atoms with Crippen molar-refractivity contribution in [1.82, 2.24) is 9.21 Å². The molecule has 2 heterocycles. The van der Waals surface area contributed by atoms with Gasteiger partial charge in [0.25, 0.3) is 5.91 Å². The van der Waals surface area contributed by atoms with E-state index in [4.69, 9.17) is 4.74 Å². The number of fused-ring (bicyclic) bond motifs is 1. The van der Waals surface area contributed by atoms with Crippen molar-refractivity contribution in [1.29, 1.82) is 0 Å². The zero-order chi connectivity index (χ0) is 20.5. The smallest absolute Gasteiger partial charge is 0.264 e. The van der Waals surface area contributed by atoms with Crippen molar-refractivity contribution < 1.29 is 17.9 Å². The van der Waals surface area contributed by atoms with Crippen LogP contribution in [0.4, 0.5) is 0 Å². The molecule has 2 aliphatic heterocycles. The van der Waals surface area contributed by atoms with Crippen LogP contribution in [0.1, 0.15) is 57.9 Å². The van der Waals surface area contributed by atoms with Crippen LogP contribution in [0.3, 0.4) is 0 Å². The maximum atomic E-state index is 13.1. The van der Waals surface area contributed by atoms with E-state index in [1.54, 1.807) is 34.5 Å². The van der Waals surface area contributed by atoms with Gasteiger partial charge in [-0.3, -0.25) is 4.79 Å². The minimum atomic E-state index is -3.51. The van der Waals surface area contributed by atoms with Crippen molar-refractivity contribution in [2.75, 3.05) is 26.7 Å². The first-order valence-corrected chi connectivity index (χ1v) is 11.8. The number of benzene rings is 1. The van der Waals surface area contributed by atoms with Crippen molar-refractivity contribution in [3.8, 4) is 5.75 Å². The van der Waals surface area contributed by atoms with Gasteiger partial charge in [0.1, 0.15) is 5.75 Å². The molecule has 1 saturated heterocycles. The molecule has 1 aromatic rings. The predicted octanol–water partition coefficient (Wildman–Crippen LogP) is 3.23. The quantitative estimate of drug-likeness (QED) is 0.725. The molecule has 3 rings (SSSR count). The molecule has 1 amide bonds. The number of likely N-dealkylation sites (N-methyl/N-ethyl adjacent to an activating group) is 1. The Hall–Kier alpha value is -1.60. The van der Waals surface area contributed by atoms with Crippen LogP contribution in [0.2, 0.25) is 0 Å². The Kier molecular flexibility index (Phi) is 6.34. The zero-order valence-corrected chi connectivity index (χ0v) is 18.2. The van der Waals surface area contributed by atoms with Gasteiger partial charge in [-0.1, -0.05) is 27.2 Å². The van der Waals surface area contributed by atoms with E-state index in [2.05, 4.69) is 13.8 Å². The van der Waals surface area contributed by atoms with E-state index < -0.39 is 16.1 Å². The van der Waals surface area contributed by atoms with Crippen molar-refractivity contribution in [3.05, 3.63) is 23.8 Å². The highest BCUT2D eigenvalue weighted by Gasteiger charge is 2.39. The summed E-state index contributed by atoms with van der Waals surface area (Å²) in [6, 6.07) is 5.00. The predicted molar refractivity (Wildman–Crippen MR) is 109 cm³/mol. The Labute approximate surface area is 168 Å². The summed E-state index contributed by atoms with van der Waals surface area (Å²) in [5.74, 6) is 0.951. The molecule has 2 unspecified atom stereocenters. The maximum absolute atomic E-state index is 13.1. The summed E-state index contributed by atoms with van der Waals surface area (Å²) in [6.45, 7) is 8.01. The zero-order valence-electron chi connectivity index (χ0n) is 17.3. The number of nitrogens with zero attached hydrogens (tertiary/aromatic N) is 2. The summed E-state index contributed by atoms with van der Waals surface area (Å²) < 4.78 is 33.6. The molecule has 0 N–H and O–H groups in total. The van der Waals surface area contributed by atoms with E-state index in [9.17, 15) is 13.2 Å². The van der Waals surface area contributed by atoms with Crippen LogP contribution in [0.25, 0.3) is 0 Å². The molecule has 0 saturated carbocycles. The molecule has 1 fully saturated rings. The van der Waals surface area contributed by atoms with Crippen molar-refractivity contribution in [2.45, 2.75) is 63.4 Å². The van der Waals surface area contributed by atoms with E-state index in [0.29, 0.717) is 36.2 Å². The molecule has 0 radical (unpaired) electrons. The first-order valence-electron chi connectivity index (χ1n) is 10.3. The monoisotopic (exact) mass is 408 g/mol. The van der Waals surface area contributed by atoms with Gasteiger partial charge in [-0.15, -0.1) is 0 Å². The van der Waals surface area contributed by atoms with Gasteiger partial charge >= 0.3 is 0 Å². The second kappa shape index (κ2) is 8.41. The van der Waals surface area contributed by atoms with E-state index in [1.807, 2.05) is 6.92 Å². The van der Waals surface area contributed by atoms with Crippen LogP contribution in [-0.2, 0) is 14.8 Å². The largest absolute Gasteiger partial charge is 0.480 e. The molecule has 2 atom stereocenters. The van der Waals surface area contributed by atoms with Crippen molar-refractivity contribution in [3.63, 3.8) is 0 Å². The van der Waals surface area contributed by atoms with Crippen LogP contribution in [0.15, 0.2) is 23.1 Å². The Bertz CT molecular complexity index is 816. The Morgan fingerprint density at radius 2 is 1.93 bits per heavy atom. The lowest BCUT2D eigenvalue weighted by molar-refractivity contribution is -0.137. The SMILES string of the molecule is CCCCN(C)C(=O)C1Oc2ccc(S(=O)(=O)N3CCC(C)CC3)cc2C1C. The third-order valence-electron chi connectivity index (χ3n) is 6.03. The lowest BCUT2D eigenvalue weighted by atomic mass is 9.97. The lowest BCUT2D eigenvalue weighted by Crippen LogP contribution is -2.40. The minimum absolute atomic E-state index is 0.0495. The number of hydrogen-bond donors (Lipinski definition) is 0. The third kappa shape index (κ3) is 4.06. The fourth-order valence-corrected chi connectivity index (χ4v) is 5.42. The molecular formula is C21H32N2O4S. The molecule has 0 spiro atoms. The number of hydrogen-bond acceptors (Lipinski definition) is 4. The number of rotatable bonds is 6. The number of ether oxygens (including phenoxy) is 1. The van der Waals surface area contributed by atoms with Gasteiger partial charge in [0.15, 0.2) is 6.10 Å². The topological polar surface area (TPSA) is 66.9 Å². The molecule has 2 aliphatic rings. The Balaban J connectivity index is 1.78. The van der Waals surface area contributed by atoms with Gasteiger partial charge < -0.3 is 9.64 Å². The van der Waals surface area contributed by atoms with Crippen molar-refractivity contribution >= 4 is 15.9 Å². The Morgan fingerprint density at radius 1 is 1.25 bits per heavy atom. The highest BCUT2D eigenvalue weighted by molar-refractivity contribution is 7.89. The average molecular weight is 409 g/mol. The average Bonchev–Trinajstić information content (AvgIpc) is 3.02. The summed E-state index contributed by atoms with van der Waals surface area (Å²) in [4.78, 5) is 14.8. The molecular weight excluding hydrogens is 376 g/mol. The third-order valence-corrected chi connectivity index (χ3v) is 7.92. The minimum Gasteiger partial charge on any atom is -0.480 e. The van der Waals surface area contributed by atoms with Crippen LogP contribution in [0.5, 0.6) is 5.75 Å². The van der Waals surface area contributed by atoms with Crippen LogP contribution in [0, 0.1) is 5.92 Å². The van der Waals surface area contributed by atoms with Crippen LogP contribution >= 0.6 is 0 Å². The van der Waals surface area contributed by atoms with Gasteiger partial charge in [0.05, 0.1) is 4.90 Å². The van der Waals surface area contributed by atoms with Gasteiger partial charge in [-0.05, 0) is 43.4 Å². The number of carbonyl (C=O) groups excluding carboxylic acids is 1. The van der Waals surface area contributed by atoms with Gasteiger partial charge in [0.2, 0.25) is 10.0 Å². The van der Waals surface area contributed by atoms with Gasteiger partial charge in [0, 0.05) is 38.2 Å². The second-order valence-electron chi connectivity index (χ2n) is 8.23. The number of unbranched alkanes of at least 4 members (excludes halogenated alkanes) is 1. The van der Waals surface area contributed by atoms with Crippen LogP contribution in [-0.4, -0.2) is 56.3 Å². The fourth-order valence-electron chi connectivity index (χ4n) is 3.91. The van der Waals surface area contributed by atoms with E-state index in [1.165, 1.54) is 0 Å². The number of piperidine rings is 1. The highest BCUT2D eigenvalue weighted by Crippen LogP contribution is 2.40. The van der Waals surface area contributed by atoms with Gasteiger partial charge in [-0.2, -0.15) is 4.31 Å². The Morgan fingerprint density at radius 3 is 2.57 bits per heavy atom. The molecule has 28 heavy (non-hydrogen) atoms. The number of sulfonamides is 1. The van der Waals surface area contributed by atoms with E-state index >= 15 is 0 Å². The van der Waals surface area contributed by atoms with E-state index in [-0.39, 0.29) is 11.8 Å².